The van der Waals surface area contributed by atoms with E-state index in [-0.39, 0.29) is 11.9 Å². The number of nitrogens with two attached hydrogens (primary N) is 1. The van der Waals surface area contributed by atoms with Gasteiger partial charge in [0.1, 0.15) is 5.65 Å². The number of hydrogen-bond donors (Lipinski definition) is 2. The number of anilines is 2. The molecule has 1 saturated heterocycles. The average molecular weight is 338 g/mol. The molecule has 2 aromatic rings. The fourth-order valence-corrected chi connectivity index (χ4v) is 3.46. The minimum atomic E-state index is -0.157. The lowest BCUT2D eigenvalue weighted by Crippen LogP contribution is -2.47. The predicted molar refractivity (Wildman–Crippen MR) is 97.9 cm³/mol. The molecular formula is C18H22N6O. The highest BCUT2D eigenvalue weighted by molar-refractivity contribution is 6.10. The highest BCUT2D eigenvalue weighted by atomic mass is 16.2. The molecule has 1 amide bonds. The highest BCUT2D eigenvalue weighted by Gasteiger charge is 2.30. The highest BCUT2D eigenvalue weighted by Crippen LogP contribution is 2.34. The number of rotatable bonds is 5. The van der Waals surface area contributed by atoms with Crippen molar-refractivity contribution in [2.75, 3.05) is 30.3 Å². The normalized spacial score (nSPS) is 15.8. The number of carbonyl (C=O) groups excluding carboxylic acids is 1. The summed E-state index contributed by atoms with van der Waals surface area (Å²) in [6.07, 6.45) is 6.90. The smallest absolute Gasteiger partial charge is 0.250 e. The van der Waals surface area contributed by atoms with Crippen LogP contribution < -0.4 is 10.6 Å². The van der Waals surface area contributed by atoms with E-state index >= 15 is 0 Å². The number of nitriles is 1. The number of aromatic amines is 1. The third kappa shape index (κ3) is 3.35. The van der Waals surface area contributed by atoms with Crippen molar-refractivity contribution >= 4 is 28.3 Å². The third-order valence-corrected chi connectivity index (χ3v) is 4.70. The maximum absolute atomic E-state index is 12.6. The number of nitrogens with one attached hydrogen (secondary N) is 1. The van der Waals surface area contributed by atoms with Crippen LogP contribution in [0.2, 0.25) is 0 Å². The SMILES string of the molecule is C=CC(=O)N(c1c(N)cnc2[nH]ccc12)C1CCN(CCC#N)CC1. The summed E-state index contributed by atoms with van der Waals surface area (Å²) < 4.78 is 0. The molecule has 1 aliphatic rings. The molecule has 0 radical (unpaired) electrons. The summed E-state index contributed by atoms with van der Waals surface area (Å²) in [6.45, 7) is 6.14. The van der Waals surface area contributed by atoms with E-state index in [1.807, 2.05) is 6.07 Å². The van der Waals surface area contributed by atoms with Gasteiger partial charge in [0.15, 0.2) is 0 Å². The summed E-state index contributed by atoms with van der Waals surface area (Å²) in [7, 11) is 0. The van der Waals surface area contributed by atoms with Gasteiger partial charge in [0.25, 0.3) is 5.91 Å². The second-order valence-corrected chi connectivity index (χ2v) is 6.20. The molecule has 0 unspecified atom stereocenters. The van der Waals surface area contributed by atoms with Crippen molar-refractivity contribution in [2.24, 2.45) is 0 Å². The Labute approximate surface area is 146 Å². The molecule has 130 valence electrons. The Hall–Kier alpha value is -2.85. The number of fused-ring (bicyclic) bond motifs is 1. The number of likely N-dealkylation sites (tertiary alicyclic amines) is 1. The Balaban J connectivity index is 1.90. The number of piperidine rings is 1. The fraction of sp³-hybridized carbons (Fsp3) is 0.389. The number of amides is 1. The zero-order valence-corrected chi connectivity index (χ0v) is 14.1. The van der Waals surface area contributed by atoms with Gasteiger partial charge in [-0.1, -0.05) is 6.58 Å². The van der Waals surface area contributed by atoms with Crippen molar-refractivity contribution in [1.82, 2.24) is 14.9 Å². The summed E-state index contributed by atoms with van der Waals surface area (Å²) in [5.74, 6) is -0.157. The van der Waals surface area contributed by atoms with Crippen LogP contribution in [0.15, 0.2) is 31.1 Å². The minimum Gasteiger partial charge on any atom is -0.396 e. The molecule has 7 nitrogen and oxygen atoms in total. The number of pyridine rings is 1. The van der Waals surface area contributed by atoms with Crippen molar-refractivity contribution in [3.05, 3.63) is 31.1 Å². The lowest BCUT2D eigenvalue weighted by atomic mass is 10.0. The maximum atomic E-state index is 12.6. The Morgan fingerprint density at radius 3 is 3.00 bits per heavy atom. The summed E-state index contributed by atoms with van der Waals surface area (Å²) in [4.78, 5) is 24.0. The molecule has 1 aliphatic heterocycles. The molecule has 1 fully saturated rings. The van der Waals surface area contributed by atoms with Crippen molar-refractivity contribution in [2.45, 2.75) is 25.3 Å². The minimum absolute atomic E-state index is 0.0478. The van der Waals surface area contributed by atoms with Gasteiger partial charge in [-0.05, 0) is 25.0 Å². The van der Waals surface area contributed by atoms with Crippen LogP contribution in [0.3, 0.4) is 0 Å². The lowest BCUT2D eigenvalue weighted by molar-refractivity contribution is -0.114. The van der Waals surface area contributed by atoms with E-state index in [1.165, 1.54) is 6.08 Å². The van der Waals surface area contributed by atoms with Crippen LogP contribution in [-0.2, 0) is 4.79 Å². The number of aromatic nitrogens is 2. The molecule has 0 spiro atoms. The molecule has 0 aliphatic carbocycles. The van der Waals surface area contributed by atoms with Gasteiger partial charge < -0.3 is 20.5 Å². The Morgan fingerprint density at radius 1 is 1.56 bits per heavy atom. The van der Waals surface area contributed by atoms with E-state index in [0.29, 0.717) is 23.4 Å². The van der Waals surface area contributed by atoms with Crippen molar-refractivity contribution in [3.63, 3.8) is 0 Å². The Morgan fingerprint density at radius 2 is 2.32 bits per heavy atom. The van der Waals surface area contributed by atoms with Crippen LogP contribution >= 0.6 is 0 Å². The summed E-state index contributed by atoms with van der Waals surface area (Å²) >= 11 is 0. The first-order valence-corrected chi connectivity index (χ1v) is 8.42. The monoisotopic (exact) mass is 338 g/mol. The third-order valence-electron chi connectivity index (χ3n) is 4.70. The number of nitrogen functional groups attached to an aromatic ring is 1. The van der Waals surface area contributed by atoms with Crippen LogP contribution in [0.25, 0.3) is 11.0 Å². The molecular weight excluding hydrogens is 316 g/mol. The van der Waals surface area contributed by atoms with Crippen molar-refractivity contribution in [3.8, 4) is 6.07 Å². The van der Waals surface area contributed by atoms with Gasteiger partial charge >= 0.3 is 0 Å². The van der Waals surface area contributed by atoms with Gasteiger partial charge in [0.2, 0.25) is 0 Å². The van der Waals surface area contributed by atoms with Gasteiger partial charge in [-0.3, -0.25) is 4.79 Å². The first-order valence-electron chi connectivity index (χ1n) is 8.42. The maximum Gasteiger partial charge on any atom is 0.250 e. The number of hydrogen-bond acceptors (Lipinski definition) is 5. The second-order valence-electron chi connectivity index (χ2n) is 6.20. The van der Waals surface area contributed by atoms with E-state index in [4.69, 9.17) is 11.0 Å². The number of carbonyl (C=O) groups is 1. The van der Waals surface area contributed by atoms with Crippen LogP contribution in [-0.4, -0.2) is 46.5 Å². The second kappa shape index (κ2) is 7.36. The first-order chi connectivity index (χ1) is 12.2. The molecule has 0 atom stereocenters. The Kier molecular flexibility index (Phi) is 5.00. The van der Waals surface area contributed by atoms with E-state index < -0.39 is 0 Å². The van der Waals surface area contributed by atoms with Crippen LogP contribution in [0.4, 0.5) is 11.4 Å². The lowest BCUT2D eigenvalue weighted by Gasteiger charge is -2.38. The van der Waals surface area contributed by atoms with Gasteiger partial charge in [-0.15, -0.1) is 0 Å². The zero-order valence-electron chi connectivity index (χ0n) is 14.1. The summed E-state index contributed by atoms with van der Waals surface area (Å²) in [5, 5.41) is 9.57. The summed E-state index contributed by atoms with van der Waals surface area (Å²) in [6, 6.07) is 4.12. The predicted octanol–water partition coefficient (Wildman–Crippen LogP) is 2.04. The van der Waals surface area contributed by atoms with Crippen LogP contribution in [0, 0.1) is 11.3 Å². The van der Waals surface area contributed by atoms with Crippen LogP contribution in [0.5, 0.6) is 0 Å². The molecule has 7 heteroatoms. The molecule has 3 N–H and O–H groups in total. The van der Waals surface area contributed by atoms with Crippen molar-refractivity contribution in [1.29, 1.82) is 5.26 Å². The van der Waals surface area contributed by atoms with E-state index in [9.17, 15) is 4.79 Å². The standard InChI is InChI=1S/C18H22N6O/c1-2-16(25)24(13-5-10-23(11-6-13)9-3-7-19)17-14-4-8-21-18(14)22-12-15(17)20/h2,4,8,12-13H,1,3,5-6,9-11,20H2,(H,21,22). The van der Waals surface area contributed by atoms with E-state index in [1.54, 1.807) is 17.3 Å². The number of H-pyrrole nitrogens is 1. The quantitative estimate of drug-likeness (QED) is 0.812. The molecule has 3 heterocycles. The average Bonchev–Trinajstić information content (AvgIpc) is 3.11. The van der Waals surface area contributed by atoms with Crippen molar-refractivity contribution < 1.29 is 4.79 Å². The topological polar surface area (TPSA) is 102 Å². The number of nitrogens with zero attached hydrogens (tertiary/aromatic N) is 4. The van der Waals surface area contributed by atoms with Gasteiger partial charge in [-0.2, -0.15) is 5.26 Å². The first kappa shape index (κ1) is 17.0. The van der Waals surface area contributed by atoms with Gasteiger partial charge in [-0.25, -0.2) is 4.98 Å². The molecule has 0 aromatic carbocycles. The molecule has 3 rings (SSSR count). The Bertz CT molecular complexity index is 813. The van der Waals surface area contributed by atoms with Crippen LogP contribution in [0.1, 0.15) is 19.3 Å². The molecule has 0 saturated carbocycles. The van der Waals surface area contributed by atoms with Gasteiger partial charge in [0.05, 0.1) is 23.6 Å². The van der Waals surface area contributed by atoms with E-state index in [0.717, 1.165) is 37.9 Å². The van der Waals surface area contributed by atoms with E-state index in [2.05, 4.69) is 27.5 Å². The molecule has 0 bridgehead atoms. The molecule has 2 aromatic heterocycles. The molecule has 25 heavy (non-hydrogen) atoms. The zero-order chi connectivity index (χ0) is 17.8. The fourth-order valence-electron chi connectivity index (χ4n) is 3.46. The summed E-state index contributed by atoms with van der Waals surface area (Å²) in [5.41, 5.74) is 8.08. The van der Waals surface area contributed by atoms with Gasteiger partial charge in [0, 0.05) is 43.7 Å². The largest absolute Gasteiger partial charge is 0.396 e.